The van der Waals surface area contributed by atoms with E-state index < -0.39 is 0 Å². The Kier molecular flexibility index (Phi) is 5.93. The largest absolute Gasteiger partial charge is 0.349 e. The molecule has 6 heteroatoms. The van der Waals surface area contributed by atoms with Gasteiger partial charge in [0.25, 0.3) is 5.91 Å². The number of carbonyl (C=O) groups excluding carboxylic acids is 1. The van der Waals surface area contributed by atoms with E-state index in [0.717, 1.165) is 31.5 Å². The van der Waals surface area contributed by atoms with Gasteiger partial charge in [-0.15, -0.1) is 0 Å². The number of hydrogen-bond donors (Lipinski definition) is 1. The standard InChI is InChI=1S/C24H27FN4O/c1-16(2)23-26-12-13-29(23)21-9-7-20(8-10-21)28-24(30)18-6-11-22(27-15-18)17-4-3-5-19(25)14-17/h3-6,11-16,20-21H,7-10H2,1-2H3,(H,28,30). The number of hydrogen-bond acceptors (Lipinski definition) is 3. The molecule has 1 fully saturated rings. The number of halogens is 1. The van der Waals surface area contributed by atoms with Crippen LogP contribution in [-0.2, 0) is 0 Å². The van der Waals surface area contributed by atoms with E-state index in [-0.39, 0.29) is 17.8 Å². The average molecular weight is 407 g/mol. The quantitative estimate of drug-likeness (QED) is 0.640. The number of aromatic nitrogens is 3. The molecule has 0 aliphatic heterocycles. The van der Waals surface area contributed by atoms with E-state index in [2.05, 4.69) is 39.9 Å². The summed E-state index contributed by atoms with van der Waals surface area (Å²) < 4.78 is 15.7. The van der Waals surface area contributed by atoms with Gasteiger partial charge in [-0.1, -0.05) is 26.0 Å². The van der Waals surface area contributed by atoms with E-state index in [4.69, 9.17) is 0 Å². The third kappa shape index (κ3) is 4.42. The highest BCUT2D eigenvalue weighted by Crippen LogP contribution is 2.31. The van der Waals surface area contributed by atoms with E-state index >= 15 is 0 Å². The molecule has 0 bridgehead atoms. The molecule has 1 saturated carbocycles. The molecule has 0 spiro atoms. The van der Waals surface area contributed by atoms with Crippen LogP contribution >= 0.6 is 0 Å². The minimum absolute atomic E-state index is 0.109. The zero-order valence-electron chi connectivity index (χ0n) is 17.4. The molecule has 0 atom stereocenters. The topological polar surface area (TPSA) is 59.8 Å². The second-order valence-electron chi connectivity index (χ2n) is 8.27. The summed E-state index contributed by atoms with van der Waals surface area (Å²) in [5, 5.41) is 3.14. The minimum atomic E-state index is -0.303. The van der Waals surface area contributed by atoms with Gasteiger partial charge in [0, 0.05) is 42.2 Å². The van der Waals surface area contributed by atoms with Crippen LogP contribution < -0.4 is 5.32 Å². The van der Waals surface area contributed by atoms with Crippen LogP contribution in [0.5, 0.6) is 0 Å². The maximum Gasteiger partial charge on any atom is 0.253 e. The molecule has 4 rings (SSSR count). The molecule has 1 N–H and O–H groups in total. The number of nitrogens with one attached hydrogen (secondary N) is 1. The number of nitrogens with zero attached hydrogens (tertiary/aromatic N) is 3. The summed E-state index contributed by atoms with van der Waals surface area (Å²) in [5.74, 6) is 1.12. The first-order chi connectivity index (χ1) is 14.5. The van der Waals surface area contributed by atoms with Gasteiger partial charge >= 0.3 is 0 Å². The minimum Gasteiger partial charge on any atom is -0.349 e. The van der Waals surface area contributed by atoms with Gasteiger partial charge < -0.3 is 9.88 Å². The van der Waals surface area contributed by atoms with E-state index in [1.54, 1.807) is 30.5 Å². The molecular weight excluding hydrogens is 379 g/mol. The van der Waals surface area contributed by atoms with E-state index in [1.807, 2.05) is 6.20 Å². The van der Waals surface area contributed by atoms with Crippen LogP contribution in [0.3, 0.4) is 0 Å². The van der Waals surface area contributed by atoms with Crippen LogP contribution in [0.2, 0.25) is 0 Å². The Bertz CT molecular complexity index is 1000. The first-order valence-electron chi connectivity index (χ1n) is 10.6. The highest BCUT2D eigenvalue weighted by atomic mass is 19.1. The molecule has 1 amide bonds. The predicted octanol–water partition coefficient (Wildman–Crippen LogP) is 5.12. The molecule has 5 nitrogen and oxygen atoms in total. The SMILES string of the molecule is CC(C)c1nccn1C1CCC(NC(=O)c2ccc(-c3cccc(F)c3)nc2)CC1. The van der Waals surface area contributed by atoms with Crippen molar-refractivity contribution in [3.05, 3.63) is 72.2 Å². The Labute approximate surface area is 176 Å². The fourth-order valence-electron chi connectivity index (χ4n) is 4.19. The summed E-state index contributed by atoms with van der Waals surface area (Å²) in [5.41, 5.74) is 1.86. The zero-order valence-corrected chi connectivity index (χ0v) is 17.4. The summed E-state index contributed by atoms with van der Waals surface area (Å²) in [4.78, 5) is 21.5. The summed E-state index contributed by atoms with van der Waals surface area (Å²) in [6.07, 6.45) is 9.45. The Balaban J connectivity index is 1.34. The lowest BCUT2D eigenvalue weighted by atomic mass is 9.90. The molecule has 3 aromatic rings. The van der Waals surface area contributed by atoms with Gasteiger partial charge in [-0.2, -0.15) is 0 Å². The summed E-state index contributed by atoms with van der Waals surface area (Å²) in [7, 11) is 0. The Morgan fingerprint density at radius 1 is 1.13 bits per heavy atom. The smallest absolute Gasteiger partial charge is 0.253 e. The maximum absolute atomic E-state index is 13.4. The van der Waals surface area contributed by atoms with Gasteiger partial charge in [0.05, 0.1) is 11.3 Å². The van der Waals surface area contributed by atoms with Gasteiger partial charge in [-0.05, 0) is 49.9 Å². The highest BCUT2D eigenvalue weighted by molar-refractivity contribution is 5.94. The van der Waals surface area contributed by atoms with E-state index in [1.165, 1.54) is 12.1 Å². The number of rotatable bonds is 5. The van der Waals surface area contributed by atoms with E-state index in [0.29, 0.717) is 28.8 Å². The van der Waals surface area contributed by atoms with Gasteiger partial charge in [0.2, 0.25) is 0 Å². The van der Waals surface area contributed by atoms with E-state index in [9.17, 15) is 9.18 Å². The molecule has 1 aromatic carbocycles. The van der Waals surface area contributed by atoms with Gasteiger partial charge in [-0.25, -0.2) is 9.37 Å². The molecule has 156 valence electrons. The van der Waals surface area contributed by atoms with Crippen LogP contribution in [0.25, 0.3) is 11.3 Å². The van der Waals surface area contributed by atoms with Crippen LogP contribution in [0.4, 0.5) is 4.39 Å². The summed E-state index contributed by atoms with van der Waals surface area (Å²) >= 11 is 0. The van der Waals surface area contributed by atoms with Crippen LogP contribution in [0, 0.1) is 5.82 Å². The third-order valence-corrected chi connectivity index (χ3v) is 5.79. The second-order valence-corrected chi connectivity index (χ2v) is 8.27. The molecule has 0 radical (unpaired) electrons. The lowest BCUT2D eigenvalue weighted by Crippen LogP contribution is -2.38. The van der Waals surface area contributed by atoms with Crippen molar-refractivity contribution < 1.29 is 9.18 Å². The molecule has 1 aliphatic carbocycles. The fourth-order valence-corrected chi connectivity index (χ4v) is 4.19. The predicted molar refractivity (Wildman–Crippen MR) is 115 cm³/mol. The van der Waals surface area contributed by atoms with Gasteiger partial charge in [-0.3, -0.25) is 9.78 Å². The molecular formula is C24H27FN4O. The second kappa shape index (κ2) is 8.78. The first-order valence-corrected chi connectivity index (χ1v) is 10.6. The van der Waals surface area contributed by atoms with Crippen molar-refractivity contribution in [1.82, 2.24) is 19.9 Å². The number of imidazole rings is 1. The molecule has 0 unspecified atom stereocenters. The third-order valence-electron chi connectivity index (χ3n) is 5.79. The number of amides is 1. The first kappa shape index (κ1) is 20.3. The lowest BCUT2D eigenvalue weighted by molar-refractivity contribution is 0.0922. The zero-order chi connectivity index (χ0) is 21.1. The van der Waals surface area contributed by atoms with Crippen LogP contribution in [0.1, 0.15) is 67.7 Å². The lowest BCUT2D eigenvalue weighted by Gasteiger charge is -2.31. The van der Waals surface area contributed by atoms with Crippen LogP contribution in [0.15, 0.2) is 55.0 Å². The fraction of sp³-hybridized carbons (Fsp3) is 0.375. The Hall–Kier alpha value is -3.02. The van der Waals surface area contributed by atoms with Crippen molar-refractivity contribution in [2.45, 2.75) is 57.5 Å². The van der Waals surface area contributed by atoms with Crippen molar-refractivity contribution in [2.75, 3.05) is 0 Å². The molecule has 2 aromatic heterocycles. The molecule has 30 heavy (non-hydrogen) atoms. The number of benzene rings is 1. The van der Waals surface area contributed by atoms with Crippen LogP contribution in [-0.4, -0.2) is 26.5 Å². The van der Waals surface area contributed by atoms with Crippen molar-refractivity contribution >= 4 is 5.91 Å². The van der Waals surface area contributed by atoms with Gasteiger partial charge in [0.1, 0.15) is 11.6 Å². The highest BCUT2D eigenvalue weighted by Gasteiger charge is 2.25. The monoisotopic (exact) mass is 406 g/mol. The molecule has 0 saturated heterocycles. The Morgan fingerprint density at radius 3 is 2.60 bits per heavy atom. The summed E-state index contributed by atoms with van der Waals surface area (Å²) in [6, 6.07) is 10.4. The van der Waals surface area contributed by atoms with Gasteiger partial charge in [0.15, 0.2) is 0 Å². The molecule has 1 aliphatic rings. The number of pyridine rings is 1. The average Bonchev–Trinajstić information content (AvgIpc) is 3.25. The van der Waals surface area contributed by atoms with Crippen molar-refractivity contribution in [3.63, 3.8) is 0 Å². The normalized spacial score (nSPS) is 19.1. The van der Waals surface area contributed by atoms with Crippen molar-refractivity contribution in [3.8, 4) is 11.3 Å². The van der Waals surface area contributed by atoms with Crippen molar-refractivity contribution in [1.29, 1.82) is 0 Å². The van der Waals surface area contributed by atoms with Crippen molar-refractivity contribution in [2.24, 2.45) is 0 Å². The maximum atomic E-state index is 13.4. The Morgan fingerprint density at radius 2 is 1.93 bits per heavy atom. The summed E-state index contributed by atoms with van der Waals surface area (Å²) in [6.45, 7) is 4.33. The molecule has 2 heterocycles. The number of carbonyl (C=O) groups is 1.